The van der Waals surface area contributed by atoms with E-state index in [1.165, 1.54) is 12.2 Å². The lowest BCUT2D eigenvalue weighted by molar-refractivity contribution is -0.198. The van der Waals surface area contributed by atoms with Gasteiger partial charge in [0.2, 0.25) is 5.91 Å². The summed E-state index contributed by atoms with van der Waals surface area (Å²) in [4.78, 5) is 74.7. The summed E-state index contributed by atoms with van der Waals surface area (Å²) in [5.74, 6) is -2.83. The van der Waals surface area contributed by atoms with E-state index in [1.807, 2.05) is 0 Å². The molecule has 0 unspecified atom stereocenters. The first-order valence-electron chi connectivity index (χ1n) is 14.8. The van der Waals surface area contributed by atoms with E-state index in [0.717, 1.165) is 4.90 Å². The molecule has 17 heteroatoms. The molecule has 0 spiro atoms. The SMILES string of the molecule is O=C(CCN1C(=O)C=CC1=O)NCCOCCOCCOCCOCCOCCOCCOCCC(=O)ON1C(=O)CCC1=O. The first-order chi connectivity index (χ1) is 21.9. The zero-order valence-electron chi connectivity index (χ0n) is 25.4. The fourth-order valence-corrected chi connectivity index (χ4v) is 3.60. The van der Waals surface area contributed by atoms with E-state index in [9.17, 15) is 28.8 Å². The van der Waals surface area contributed by atoms with E-state index in [4.69, 9.17) is 38.0 Å². The van der Waals surface area contributed by atoms with Gasteiger partial charge in [0.25, 0.3) is 23.6 Å². The summed E-state index contributed by atoms with van der Waals surface area (Å²) in [5.41, 5.74) is 0. The van der Waals surface area contributed by atoms with Crippen molar-refractivity contribution in [2.45, 2.75) is 25.7 Å². The number of carbonyl (C=O) groups excluding carboxylic acids is 6. The van der Waals surface area contributed by atoms with Gasteiger partial charge in [-0.2, -0.15) is 0 Å². The highest BCUT2D eigenvalue weighted by Gasteiger charge is 2.32. The molecular formula is C28H43N3O14. The molecule has 0 aromatic carbocycles. The van der Waals surface area contributed by atoms with Crippen LogP contribution in [0.3, 0.4) is 0 Å². The van der Waals surface area contributed by atoms with E-state index in [1.54, 1.807) is 0 Å². The maximum atomic E-state index is 11.8. The Hall–Kier alpha value is -3.32. The van der Waals surface area contributed by atoms with Crippen molar-refractivity contribution < 1.29 is 66.8 Å². The second-order valence-corrected chi connectivity index (χ2v) is 9.34. The van der Waals surface area contributed by atoms with Crippen molar-refractivity contribution in [3.63, 3.8) is 0 Å². The van der Waals surface area contributed by atoms with Crippen molar-refractivity contribution in [1.29, 1.82) is 0 Å². The monoisotopic (exact) mass is 645 g/mol. The molecular weight excluding hydrogens is 602 g/mol. The number of hydrogen-bond acceptors (Lipinski definition) is 14. The largest absolute Gasteiger partial charge is 0.378 e. The summed E-state index contributed by atoms with van der Waals surface area (Å²) < 4.78 is 37.6. The molecule has 2 aliphatic rings. The third-order valence-electron chi connectivity index (χ3n) is 5.91. The van der Waals surface area contributed by atoms with Gasteiger partial charge in [0, 0.05) is 44.5 Å². The third kappa shape index (κ3) is 17.7. The molecule has 0 bridgehead atoms. The lowest BCUT2D eigenvalue weighted by Gasteiger charge is -2.13. The molecule has 0 saturated carbocycles. The number of nitrogens with one attached hydrogen (secondary N) is 1. The van der Waals surface area contributed by atoms with Crippen molar-refractivity contribution in [3.05, 3.63) is 12.2 Å². The van der Waals surface area contributed by atoms with Crippen LogP contribution in [0.25, 0.3) is 0 Å². The zero-order chi connectivity index (χ0) is 32.5. The summed E-state index contributed by atoms with van der Waals surface area (Å²) in [7, 11) is 0. The van der Waals surface area contributed by atoms with Gasteiger partial charge in [0.15, 0.2) is 0 Å². The van der Waals surface area contributed by atoms with Gasteiger partial charge in [-0.1, -0.05) is 0 Å². The van der Waals surface area contributed by atoms with Crippen molar-refractivity contribution in [1.82, 2.24) is 15.3 Å². The number of imide groups is 2. The normalized spacial score (nSPS) is 14.7. The molecule has 2 aliphatic heterocycles. The van der Waals surface area contributed by atoms with Gasteiger partial charge in [-0.15, -0.1) is 5.06 Å². The molecule has 1 saturated heterocycles. The molecule has 2 rings (SSSR count). The number of rotatable bonds is 28. The van der Waals surface area contributed by atoms with Gasteiger partial charge in [-0.3, -0.25) is 28.9 Å². The van der Waals surface area contributed by atoms with Crippen LogP contribution in [0.4, 0.5) is 0 Å². The van der Waals surface area contributed by atoms with Crippen LogP contribution >= 0.6 is 0 Å². The van der Waals surface area contributed by atoms with Gasteiger partial charge < -0.3 is 43.3 Å². The minimum Gasteiger partial charge on any atom is -0.378 e. The molecule has 0 aromatic heterocycles. The first-order valence-corrected chi connectivity index (χ1v) is 14.8. The van der Waals surface area contributed by atoms with Crippen molar-refractivity contribution in [3.8, 4) is 0 Å². The molecule has 0 atom stereocenters. The molecule has 0 aliphatic carbocycles. The summed E-state index contributed by atoms with van der Waals surface area (Å²) in [6.07, 6.45) is 2.42. The number of hydroxylamine groups is 2. The Kier molecular flexibility index (Phi) is 20.2. The van der Waals surface area contributed by atoms with Crippen LogP contribution in [-0.4, -0.2) is 151 Å². The minimum absolute atomic E-state index is 0.0403. The maximum absolute atomic E-state index is 11.8. The average molecular weight is 646 g/mol. The molecule has 1 fully saturated rings. The summed E-state index contributed by atoms with van der Waals surface area (Å²) in [5, 5.41) is 3.17. The number of amides is 5. The number of carbonyl (C=O) groups is 6. The summed E-state index contributed by atoms with van der Waals surface area (Å²) in [6.45, 7) is 5.38. The molecule has 0 radical (unpaired) electrons. The Balaban J connectivity index is 1.20. The van der Waals surface area contributed by atoms with Crippen LogP contribution < -0.4 is 5.32 Å². The molecule has 45 heavy (non-hydrogen) atoms. The highest BCUT2D eigenvalue weighted by atomic mass is 16.7. The van der Waals surface area contributed by atoms with Crippen molar-refractivity contribution >= 4 is 35.5 Å². The van der Waals surface area contributed by atoms with Gasteiger partial charge in [0.05, 0.1) is 98.9 Å². The van der Waals surface area contributed by atoms with E-state index < -0.39 is 29.6 Å². The first kappa shape index (κ1) is 37.9. The Morgan fingerprint density at radius 1 is 0.578 bits per heavy atom. The average Bonchev–Trinajstić information content (AvgIpc) is 3.52. The smallest absolute Gasteiger partial charge is 0.335 e. The highest BCUT2D eigenvalue weighted by Crippen LogP contribution is 2.12. The van der Waals surface area contributed by atoms with E-state index >= 15 is 0 Å². The van der Waals surface area contributed by atoms with Crippen LogP contribution in [0.2, 0.25) is 0 Å². The van der Waals surface area contributed by atoms with Crippen LogP contribution in [0, 0.1) is 0 Å². The Bertz CT molecular complexity index is 942. The lowest BCUT2D eigenvalue weighted by atomic mass is 10.3. The summed E-state index contributed by atoms with van der Waals surface area (Å²) in [6, 6.07) is 0. The third-order valence-corrected chi connectivity index (χ3v) is 5.91. The van der Waals surface area contributed by atoms with E-state index in [0.29, 0.717) is 90.9 Å². The van der Waals surface area contributed by atoms with E-state index in [2.05, 4.69) is 5.32 Å². The van der Waals surface area contributed by atoms with Gasteiger partial charge in [-0.25, -0.2) is 4.79 Å². The Labute approximate surface area is 261 Å². The second kappa shape index (κ2) is 24.0. The molecule has 0 aromatic rings. The summed E-state index contributed by atoms with van der Waals surface area (Å²) >= 11 is 0. The maximum Gasteiger partial charge on any atom is 0.335 e. The Morgan fingerprint density at radius 3 is 1.42 bits per heavy atom. The lowest BCUT2D eigenvalue weighted by Crippen LogP contribution is -2.35. The van der Waals surface area contributed by atoms with Crippen molar-refractivity contribution in [2.24, 2.45) is 0 Å². The van der Waals surface area contributed by atoms with Crippen LogP contribution in [0.15, 0.2) is 12.2 Å². The van der Waals surface area contributed by atoms with Crippen molar-refractivity contribution in [2.75, 3.05) is 106 Å². The topological polar surface area (TPSA) is 195 Å². The molecule has 2 heterocycles. The molecule has 254 valence electrons. The van der Waals surface area contributed by atoms with Crippen LogP contribution in [0.5, 0.6) is 0 Å². The highest BCUT2D eigenvalue weighted by molar-refractivity contribution is 6.13. The molecule has 5 amide bonds. The molecule has 17 nitrogen and oxygen atoms in total. The quantitative estimate of drug-likeness (QED) is 0.0765. The molecule has 1 N–H and O–H groups in total. The predicted molar refractivity (Wildman–Crippen MR) is 151 cm³/mol. The van der Waals surface area contributed by atoms with Gasteiger partial charge >= 0.3 is 5.97 Å². The number of ether oxygens (including phenoxy) is 7. The Morgan fingerprint density at radius 2 is 0.978 bits per heavy atom. The van der Waals surface area contributed by atoms with Gasteiger partial charge in [-0.05, 0) is 0 Å². The van der Waals surface area contributed by atoms with Crippen LogP contribution in [0.1, 0.15) is 25.7 Å². The van der Waals surface area contributed by atoms with E-state index in [-0.39, 0.29) is 51.3 Å². The predicted octanol–water partition coefficient (Wildman–Crippen LogP) is -1.47. The van der Waals surface area contributed by atoms with Gasteiger partial charge in [0.1, 0.15) is 0 Å². The number of nitrogens with zero attached hydrogens (tertiary/aromatic N) is 2. The second-order valence-electron chi connectivity index (χ2n) is 9.34. The van der Waals surface area contributed by atoms with Crippen LogP contribution in [-0.2, 0) is 66.8 Å². The zero-order valence-corrected chi connectivity index (χ0v) is 25.4. The fourth-order valence-electron chi connectivity index (χ4n) is 3.60. The fraction of sp³-hybridized carbons (Fsp3) is 0.714. The minimum atomic E-state index is -0.710. The standard InChI is InChI=1S/C28H43N3O14/c32-23(5-8-30-24(33)1-2-25(30)34)29-7-10-39-12-14-41-16-18-43-20-22-44-21-19-42-17-15-40-13-11-38-9-6-28(37)45-31-26(35)3-4-27(31)36/h1-2H,3-22H2,(H,29,32). The number of hydrogen-bond donors (Lipinski definition) is 1.